The summed E-state index contributed by atoms with van der Waals surface area (Å²) < 4.78 is 0. The minimum atomic E-state index is 0.967. The Morgan fingerprint density at radius 2 is 2.07 bits per heavy atom. The lowest BCUT2D eigenvalue weighted by molar-refractivity contribution is 1.06. The molecule has 0 spiro atoms. The molecule has 3 rings (SSSR count). The lowest BCUT2D eigenvalue weighted by Gasteiger charge is -2.21. The molecule has 1 aromatic heterocycles. The molecule has 0 saturated carbocycles. The van der Waals surface area contributed by atoms with Crippen LogP contribution in [-0.2, 0) is 6.42 Å². The lowest BCUT2D eigenvalue weighted by atomic mass is 9.96. The number of thiazole rings is 1. The Bertz CT molecular complexity index is 483. The molecular weight excluding hydrogens is 204 g/mol. The van der Waals surface area contributed by atoms with E-state index in [1.807, 2.05) is 5.51 Å². The van der Waals surface area contributed by atoms with Crippen molar-refractivity contribution in [3.05, 3.63) is 40.0 Å². The van der Waals surface area contributed by atoms with Crippen molar-refractivity contribution in [2.24, 2.45) is 0 Å². The highest BCUT2D eigenvalue weighted by Crippen LogP contribution is 2.37. The second-order valence-electron chi connectivity index (χ2n) is 3.98. The number of aromatic nitrogens is 1. The van der Waals surface area contributed by atoms with Crippen LogP contribution in [0.3, 0.4) is 0 Å². The number of aryl methyl sites for hydroxylation is 2. The van der Waals surface area contributed by atoms with Crippen LogP contribution in [0.5, 0.6) is 0 Å². The summed E-state index contributed by atoms with van der Waals surface area (Å²) >= 11 is 1.68. The van der Waals surface area contributed by atoms with Crippen molar-refractivity contribution in [1.29, 1.82) is 0 Å². The fraction of sp³-hybridized carbons (Fsp3) is 0.250. The van der Waals surface area contributed by atoms with E-state index >= 15 is 0 Å². The number of nitrogens with one attached hydrogen (secondary N) is 1. The van der Waals surface area contributed by atoms with Crippen LogP contribution < -0.4 is 5.32 Å². The Morgan fingerprint density at radius 3 is 2.93 bits per heavy atom. The maximum absolute atomic E-state index is 4.38. The molecule has 0 unspecified atom stereocenters. The van der Waals surface area contributed by atoms with Gasteiger partial charge in [0, 0.05) is 12.1 Å². The highest BCUT2D eigenvalue weighted by molar-refractivity contribution is 7.14. The smallest absolute Gasteiger partial charge is 0.116 e. The zero-order valence-electron chi connectivity index (χ0n) is 8.79. The quantitative estimate of drug-likeness (QED) is 0.623. The summed E-state index contributed by atoms with van der Waals surface area (Å²) in [5.41, 5.74) is 8.44. The first-order valence-electron chi connectivity index (χ1n) is 5.04. The second-order valence-corrected chi connectivity index (χ2v) is 4.84. The fourth-order valence-corrected chi connectivity index (χ4v) is 2.76. The molecule has 0 saturated heterocycles. The van der Waals surface area contributed by atoms with Gasteiger partial charge in [-0.1, -0.05) is 12.1 Å². The minimum Gasteiger partial charge on any atom is -0.345 e. The molecule has 2 aromatic rings. The van der Waals surface area contributed by atoms with Gasteiger partial charge in [-0.2, -0.15) is 0 Å². The highest BCUT2D eigenvalue weighted by atomic mass is 32.1. The van der Waals surface area contributed by atoms with Crippen LogP contribution in [-0.4, -0.2) is 4.98 Å². The Morgan fingerprint density at radius 1 is 1.27 bits per heavy atom. The molecule has 3 heteroatoms. The van der Waals surface area contributed by atoms with Gasteiger partial charge in [0.15, 0.2) is 0 Å². The first-order chi connectivity index (χ1) is 7.25. The summed E-state index contributed by atoms with van der Waals surface area (Å²) in [4.78, 5) is 4.38. The van der Waals surface area contributed by atoms with Crippen molar-refractivity contribution >= 4 is 22.0 Å². The van der Waals surface area contributed by atoms with E-state index < -0.39 is 0 Å². The zero-order valence-corrected chi connectivity index (χ0v) is 9.61. The molecule has 1 aromatic carbocycles. The van der Waals surface area contributed by atoms with Crippen LogP contribution >= 0.6 is 11.3 Å². The van der Waals surface area contributed by atoms with Gasteiger partial charge >= 0.3 is 0 Å². The average molecular weight is 216 g/mol. The molecule has 76 valence electrons. The summed E-state index contributed by atoms with van der Waals surface area (Å²) in [6.07, 6.45) is 0.967. The molecule has 2 nitrogen and oxygen atoms in total. The van der Waals surface area contributed by atoms with Gasteiger partial charge in [0.05, 0.1) is 11.2 Å². The summed E-state index contributed by atoms with van der Waals surface area (Å²) in [6.45, 7) is 4.31. The number of hydrogen-bond acceptors (Lipinski definition) is 3. The average Bonchev–Trinajstić information content (AvgIpc) is 2.69. The third-order valence-electron chi connectivity index (χ3n) is 2.98. The van der Waals surface area contributed by atoms with E-state index in [0.29, 0.717) is 0 Å². The van der Waals surface area contributed by atoms with Gasteiger partial charge in [-0.15, -0.1) is 11.3 Å². The number of hydrogen-bond donors (Lipinski definition) is 1. The standard InChI is InChI=1S/C12H12N2S/c1-7-3-4-8(2)11-9(7)5-10-12(14-11)15-6-13-10/h3-4,6,14H,5H2,1-2H3. The van der Waals surface area contributed by atoms with Crippen molar-refractivity contribution in [2.75, 3.05) is 5.32 Å². The third-order valence-corrected chi connectivity index (χ3v) is 3.76. The van der Waals surface area contributed by atoms with E-state index in [1.54, 1.807) is 11.3 Å². The van der Waals surface area contributed by atoms with Crippen molar-refractivity contribution in [2.45, 2.75) is 20.3 Å². The van der Waals surface area contributed by atoms with E-state index in [4.69, 9.17) is 0 Å². The Balaban J connectivity index is 2.20. The third kappa shape index (κ3) is 1.27. The minimum absolute atomic E-state index is 0.967. The molecule has 1 N–H and O–H groups in total. The first-order valence-corrected chi connectivity index (χ1v) is 5.92. The number of rotatable bonds is 0. The number of nitrogens with zero attached hydrogens (tertiary/aromatic N) is 1. The molecule has 15 heavy (non-hydrogen) atoms. The normalized spacial score (nSPS) is 12.9. The predicted molar refractivity (Wildman–Crippen MR) is 64.1 cm³/mol. The molecule has 0 amide bonds. The van der Waals surface area contributed by atoms with Crippen LogP contribution in [0.1, 0.15) is 22.4 Å². The van der Waals surface area contributed by atoms with Gasteiger partial charge in [0.2, 0.25) is 0 Å². The zero-order chi connectivity index (χ0) is 10.4. The summed E-state index contributed by atoms with van der Waals surface area (Å²) in [5, 5.41) is 4.69. The lowest BCUT2D eigenvalue weighted by Crippen LogP contribution is -2.08. The Kier molecular flexibility index (Phi) is 1.83. The maximum Gasteiger partial charge on any atom is 0.116 e. The van der Waals surface area contributed by atoms with Crippen LogP contribution in [0.15, 0.2) is 17.6 Å². The van der Waals surface area contributed by atoms with Gasteiger partial charge in [-0.3, -0.25) is 0 Å². The van der Waals surface area contributed by atoms with Crippen LogP contribution in [0, 0.1) is 13.8 Å². The van der Waals surface area contributed by atoms with Crippen molar-refractivity contribution < 1.29 is 0 Å². The highest BCUT2D eigenvalue weighted by Gasteiger charge is 2.19. The van der Waals surface area contributed by atoms with Crippen LogP contribution in [0.4, 0.5) is 10.7 Å². The fourth-order valence-electron chi connectivity index (χ4n) is 2.05. The van der Waals surface area contributed by atoms with E-state index in [9.17, 15) is 0 Å². The first kappa shape index (κ1) is 8.92. The summed E-state index contributed by atoms with van der Waals surface area (Å²) in [7, 11) is 0. The SMILES string of the molecule is Cc1ccc(C)c2c1Cc1ncsc1N2. The Labute approximate surface area is 93.0 Å². The number of benzene rings is 1. The van der Waals surface area contributed by atoms with E-state index in [-0.39, 0.29) is 0 Å². The molecule has 1 aliphatic heterocycles. The molecule has 0 atom stereocenters. The van der Waals surface area contributed by atoms with Gasteiger partial charge in [0.1, 0.15) is 5.00 Å². The topological polar surface area (TPSA) is 24.9 Å². The van der Waals surface area contributed by atoms with Gasteiger partial charge in [0.25, 0.3) is 0 Å². The summed E-state index contributed by atoms with van der Waals surface area (Å²) in [5.74, 6) is 0. The molecule has 0 bridgehead atoms. The summed E-state index contributed by atoms with van der Waals surface area (Å²) in [6, 6.07) is 4.36. The van der Waals surface area contributed by atoms with Crippen LogP contribution in [0.2, 0.25) is 0 Å². The predicted octanol–water partition coefficient (Wildman–Crippen LogP) is 3.41. The van der Waals surface area contributed by atoms with Crippen molar-refractivity contribution in [3.63, 3.8) is 0 Å². The van der Waals surface area contributed by atoms with Gasteiger partial charge < -0.3 is 5.32 Å². The largest absolute Gasteiger partial charge is 0.345 e. The van der Waals surface area contributed by atoms with E-state index in [1.165, 1.54) is 33.1 Å². The number of fused-ring (bicyclic) bond motifs is 2. The van der Waals surface area contributed by atoms with Crippen molar-refractivity contribution in [1.82, 2.24) is 4.98 Å². The molecule has 2 heterocycles. The molecule has 0 radical (unpaired) electrons. The van der Waals surface area contributed by atoms with Gasteiger partial charge in [-0.25, -0.2) is 4.98 Å². The van der Waals surface area contributed by atoms with Crippen molar-refractivity contribution in [3.8, 4) is 0 Å². The van der Waals surface area contributed by atoms with E-state index in [0.717, 1.165) is 6.42 Å². The van der Waals surface area contributed by atoms with Gasteiger partial charge in [-0.05, 0) is 30.5 Å². The second kappa shape index (κ2) is 3.07. The maximum atomic E-state index is 4.38. The molecule has 0 aliphatic carbocycles. The van der Waals surface area contributed by atoms with E-state index in [2.05, 4.69) is 36.3 Å². The molecule has 0 fully saturated rings. The molecule has 1 aliphatic rings. The monoisotopic (exact) mass is 216 g/mol. The van der Waals surface area contributed by atoms with Crippen LogP contribution in [0.25, 0.3) is 0 Å². The Hall–Kier alpha value is -1.35. The molecular formula is C12H12N2S. The number of anilines is 2.